The molecule has 6 nitrogen and oxygen atoms in total. The van der Waals surface area contributed by atoms with E-state index >= 15 is 0 Å². The Morgan fingerprint density at radius 3 is 2.85 bits per heavy atom. The molecule has 20 heavy (non-hydrogen) atoms. The molecule has 0 radical (unpaired) electrons. The lowest BCUT2D eigenvalue weighted by Gasteiger charge is -2.38. The smallest absolute Gasteiger partial charge is 0.297 e. The van der Waals surface area contributed by atoms with Crippen molar-refractivity contribution in [2.75, 3.05) is 24.5 Å². The monoisotopic (exact) mass is 281 g/mol. The molecule has 6 heteroatoms. The van der Waals surface area contributed by atoms with Crippen LogP contribution in [0.1, 0.15) is 39.3 Å². The molecule has 1 fully saturated rings. The summed E-state index contributed by atoms with van der Waals surface area (Å²) < 4.78 is 5.47. The summed E-state index contributed by atoms with van der Waals surface area (Å²) in [4.78, 5) is 19.3. The SMILES string of the molecule is CCC[C@H]1CN(c2nc(C(C)(C)O)co2)CCN1C=O. The third kappa shape index (κ3) is 3.12. The van der Waals surface area contributed by atoms with Gasteiger partial charge in [0.05, 0.1) is 0 Å². The Hall–Kier alpha value is -1.56. The molecular formula is C14H23N3O3. The maximum atomic E-state index is 11.1. The molecule has 1 saturated heterocycles. The van der Waals surface area contributed by atoms with E-state index in [1.165, 1.54) is 6.26 Å². The predicted octanol–water partition coefficient (Wildman–Crippen LogP) is 1.35. The highest BCUT2D eigenvalue weighted by atomic mass is 16.4. The largest absolute Gasteiger partial charge is 0.432 e. The highest BCUT2D eigenvalue weighted by Gasteiger charge is 2.29. The van der Waals surface area contributed by atoms with Gasteiger partial charge in [0.2, 0.25) is 6.41 Å². The van der Waals surface area contributed by atoms with Crippen LogP contribution in [0.25, 0.3) is 0 Å². The number of hydrogen-bond acceptors (Lipinski definition) is 5. The first kappa shape index (κ1) is 14.8. The molecule has 0 aliphatic carbocycles. The average Bonchev–Trinajstić information content (AvgIpc) is 2.88. The summed E-state index contributed by atoms with van der Waals surface area (Å²) >= 11 is 0. The van der Waals surface area contributed by atoms with Gasteiger partial charge in [-0.15, -0.1) is 0 Å². The number of hydrogen-bond donors (Lipinski definition) is 1. The highest BCUT2D eigenvalue weighted by molar-refractivity contribution is 5.49. The minimum Gasteiger partial charge on any atom is -0.432 e. The Bertz CT molecular complexity index is 453. The molecular weight excluding hydrogens is 258 g/mol. The second kappa shape index (κ2) is 5.83. The Labute approximate surface area is 119 Å². The van der Waals surface area contributed by atoms with Crippen molar-refractivity contribution >= 4 is 12.4 Å². The van der Waals surface area contributed by atoms with Crippen LogP contribution in [0.2, 0.25) is 0 Å². The molecule has 0 unspecified atom stereocenters. The number of carbonyl (C=O) groups is 1. The van der Waals surface area contributed by atoms with Gasteiger partial charge in [0.25, 0.3) is 6.01 Å². The average molecular weight is 281 g/mol. The van der Waals surface area contributed by atoms with E-state index in [9.17, 15) is 9.90 Å². The summed E-state index contributed by atoms with van der Waals surface area (Å²) in [5.74, 6) is 0. The Balaban J connectivity index is 2.10. The molecule has 1 N–H and O–H groups in total. The molecule has 2 heterocycles. The number of aliphatic hydroxyl groups is 1. The van der Waals surface area contributed by atoms with E-state index < -0.39 is 5.60 Å². The van der Waals surface area contributed by atoms with Crippen molar-refractivity contribution in [3.8, 4) is 0 Å². The summed E-state index contributed by atoms with van der Waals surface area (Å²) in [5.41, 5.74) is -0.479. The summed E-state index contributed by atoms with van der Waals surface area (Å²) in [6.45, 7) is 7.56. The Kier molecular flexibility index (Phi) is 4.32. The molecule has 0 bridgehead atoms. The number of anilines is 1. The predicted molar refractivity (Wildman–Crippen MR) is 75.4 cm³/mol. The van der Waals surface area contributed by atoms with E-state index in [1.54, 1.807) is 13.8 Å². The van der Waals surface area contributed by atoms with Crippen molar-refractivity contribution < 1.29 is 14.3 Å². The maximum Gasteiger partial charge on any atom is 0.297 e. The number of amides is 1. The Morgan fingerprint density at radius 1 is 1.55 bits per heavy atom. The number of rotatable bonds is 5. The molecule has 2 rings (SSSR count). The molecule has 0 saturated carbocycles. The van der Waals surface area contributed by atoms with E-state index in [0.29, 0.717) is 24.8 Å². The standard InChI is InChI=1S/C14H23N3O3/c1-4-5-11-8-16(6-7-17(11)10-18)13-15-12(9-20-13)14(2,3)19/h9-11,19H,4-8H2,1-3H3/t11-/m0/s1. The minimum absolute atomic E-state index is 0.198. The second-order valence-electron chi connectivity index (χ2n) is 5.81. The molecule has 0 aromatic carbocycles. The lowest BCUT2D eigenvalue weighted by Crippen LogP contribution is -2.52. The topological polar surface area (TPSA) is 69.8 Å². The van der Waals surface area contributed by atoms with Crippen LogP contribution >= 0.6 is 0 Å². The minimum atomic E-state index is -1.00. The van der Waals surface area contributed by atoms with Gasteiger partial charge in [0.1, 0.15) is 17.6 Å². The van der Waals surface area contributed by atoms with E-state index in [0.717, 1.165) is 25.8 Å². The zero-order valence-electron chi connectivity index (χ0n) is 12.4. The number of oxazole rings is 1. The van der Waals surface area contributed by atoms with Gasteiger partial charge in [-0.05, 0) is 20.3 Å². The van der Waals surface area contributed by atoms with E-state index in [4.69, 9.17) is 4.42 Å². The Morgan fingerprint density at radius 2 is 2.30 bits per heavy atom. The van der Waals surface area contributed by atoms with Crippen LogP contribution in [-0.4, -0.2) is 47.1 Å². The summed E-state index contributed by atoms with van der Waals surface area (Å²) in [7, 11) is 0. The summed E-state index contributed by atoms with van der Waals surface area (Å²) in [6.07, 6.45) is 4.42. The number of nitrogens with zero attached hydrogens (tertiary/aromatic N) is 3. The van der Waals surface area contributed by atoms with Crippen LogP contribution < -0.4 is 4.90 Å². The maximum absolute atomic E-state index is 11.1. The van der Waals surface area contributed by atoms with E-state index in [2.05, 4.69) is 11.9 Å². The first-order chi connectivity index (χ1) is 9.45. The molecule has 0 spiro atoms. The number of aromatic nitrogens is 1. The van der Waals surface area contributed by atoms with Crippen LogP contribution in [0.4, 0.5) is 6.01 Å². The normalized spacial score (nSPS) is 20.3. The number of carbonyl (C=O) groups excluding carboxylic acids is 1. The van der Waals surface area contributed by atoms with Crippen LogP contribution in [0, 0.1) is 0 Å². The zero-order chi connectivity index (χ0) is 14.8. The van der Waals surface area contributed by atoms with Crippen molar-refractivity contribution in [2.45, 2.75) is 45.3 Å². The van der Waals surface area contributed by atoms with Crippen molar-refractivity contribution in [2.24, 2.45) is 0 Å². The zero-order valence-corrected chi connectivity index (χ0v) is 12.4. The molecule has 1 amide bonds. The van der Waals surface area contributed by atoms with Crippen LogP contribution in [0.5, 0.6) is 0 Å². The fourth-order valence-corrected chi connectivity index (χ4v) is 2.46. The van der Waals surface area contributed by atoms with Crippen molar-refractivity contribution in [3.63, 3.8) is 0 Å². The third-order valence-electron chi connectivity index (χ3n) is 3.67. The lowest BCUT2D eigenvalue weighted by atomic mass is 10.1. The molecule has 1 atom stereocenters. The van der Waals surface area contributed by atoms with Gasteiger partial charge in [0.15, 0.2) is 0 Å². The lowest BCUT2D eigenvalue weighted by molar-refractivity contribution is -0.120. The van der Waals surface area contributed by atoms with Crippen LogP contribution in [0.15, 0.2) is 10.7 Å². The molecule has 112 valence electrons. The van der Waals surface area contributed by atoms with Crippen molar-refractivity contribution in [1.82, 2.24) is 9.88 Å². The summed E-state index contributed by atoms with van der Waals surface area (Å²) in [6, 6.07) is 0.720. The molecule has 1 aliphatic heterocycles. The van der Waals surface area contributed by atoms with Gasteiger partial charge in [-0.2, -0.15) is 4.98 Å². The summed E-state index contributed by atoms with van der Waals surface area (Å²) in [5, 5.41) is 9.92. The van der Waals surface area contributed by atoms with Gasteiger partial charge in [-0.3, -0.25) is 4.79 Å². The third-order valence-corrected chi connectivity index (χ3v) is 3.67. The van der Waals surface area contributed by atoms with Gasteiger partial charge in [0, 0.05) is 25.7 Å². The fourth-order valence-electron chi connectivity index (χ4n) is 2.46. The highest BCUT2D eigenvalue weighted by Crippen LogP contribution is 2.24. The van der Waals surface area contributed by atoms with Gasteiger partial charge >= 0.3 is 0 Å². The first-order valence-corrected chi connectivity index (χ1v) is 7.10. The quantitative estimate of drug-likeness (QED) is 0.825. The first-order valence-electron chi connectivity index (χ1n) is 7.10. The van der Waals surface area contributed by atoms with Crippen LogP contribution in [0.3, 0.4) is 0 Å². The van der Waals surface area contributed by atoms with E-state index in [-0.39, 0.29) is 6.04 Å². The number of piperazine rings is 1. The van der Waals surface area contributed by atoms with Gasteiger partial charge < -0.3 is 19.3 Å². The van der Waals surface area contributed by atoms with Gasteiger partial charge in [-0.1, -0.05) is 13.3 Å². The molecule has 1 aliphatic rings. The fraction of sp³-hybridized carbons (Fsp3) is 0.714. The van der Waals surface area contributed by atoms with E-state index in [1.807, 2.05) is 9.80 Å². The van der Waals surface area contributed by atoms with Crippen LogP contribution in [-0.2, 0) is 10.4 Å². The van der Waals surface area contributed by atoms with Crippen molar-refractivity contribution in [1.29, 1.82) is 0 Å². The second-order valence-corrected chi connectivity index (χ2v) is 5.81. The molecule has 1 aromatic heterocycles. The van der Waals surface area contributed by atoms with Crippen molar-refractivity contribution in [3.05, 3.63) is 12.0 Å². The molecule has 1 aromatic rings. The van der Waals surface area contributed by atoms with Gasteiger partial charge in [-0.25, -0.2) is 0 Å².